The van der Waals surface area contributed by atoms with Crippen molar-refractivity contribution in [1.29, 1.82) is 0 Å². The van der Waals surface area contributed by atoms with Gasteiger partial charge in [-0.25, -0.2) is 8.42 Å². The summed E-state index contributed by atoms with van der Waals surface area (Å²) in [7, 11) is -4.10. The zero-order chi connectivity index (χ0) is 27.9. The van der Waals surface area contributed by atoms with Crippen LogP contribution >= 0.6 is 11.6 Å². The zero-order valence-corrected chi connectivity index (χ0v) is 23.7. The van der Waals surface area contributed by atoms with Gasteiger partial charge in [-0.1, -0.05) is 61.0 Å². The minimum absolute atomic E-state index is 0.0730. The van der Waals surface area contributed by atoms with Crippen LogP contribution in [0.25, 0.3) is 0 Å². The van der Waals surface area contributed by atoms with Gasteiger partial charge in [0.05, 0.1) is 10.6 Å². The molecule has 0 aliphatic carbocycles. The number of nitrogens with one attached hydrogen (secondary N) is 1. The van der Waals surface area contributed by atoms with Gasteiger partial charge in [-0.15, -0.1) is 0 Å². The summed E-state index contributed by atoms with van der Waals surface area (Å²) in [6.45, 7) is 7.38. The van der Waals surface area contributed by atoms with E-state index in [-0.39, 0.29) is 17.3 Å². The molecule has 3 aromatic rings. The molecule has 0 aliphatic heterocycles. The Morgan fingerprint density at radius 1 is 0.974 bits per heavy atom. The highest BCUT2D eigenvalue weighted by Crippen LogP contribution is 2.29. The van der Waals surface area contributed by atoms with Crippen LogP contribution in [0.4, 0.5) is 5.69 Å². The van der Waals surface area contributed by atoms with Crippen LogP contribution in [-0.4, -0.2) is 44.3 Å². The molecule has 0 aliphatic rings. The van der Waals surface area contributed by atoms with Gasteiger partial charge in [0, 0.05) is 18.1 Å². The maximum Gasteiger partial charge on any atom is 0.264 e. The summed E-state index contributed by atoms with van der Waals surface area (Å²) in [6, 6.07) is 19.5. The van der Waals surface area contributed by atoms with E-state index in [2.05, 4.69) is 5.32 Å². The SMILES string of the molecule is CCCNC(=O)[C@H](C)N(Cc1cccc(Cl)c1)C(=O)CN(c1cccc(C)c1C)S(=O)(=O)c1ccccc1. The Balaban J connectivity index is 2.05. The quantitative estimate of drug-likeness (QED) is 0.357. The number of sulfonamides is 1. The van der Waals surface area contributed by atoms with E-state index in [9.17, 15) is 18.0 Å². The molecule has 3 aromatic carbocycles. The number of nitrogens with zero attached hydrogens (tertiary/aromatic N) is 2. The largest absolute Gasteiger partial charge is 0.354 e. The molecule has 0 unspecified atom stereocenters. The average Bonchev–Trinajstić information content (AvgIpc) is 2.90. The molecule has 0 radical (unpaired) electrons. The molecule has 0 saturated carbocycles. The standard InChI is InChI=1S/C29H34ClN3O4S/c1-5-17-31-29(35)23(4)32(19-24-12-10-13-25(30)18-24)28(34)20-33(27-16-9-11-21(2)22(27)3)38(36,37)26-14-7-6-8-15-26/h6-16,18,23H,5,17,19-20H2,1-4H3,(H,31,35)/t23-/m0/s1. The van der Waals surface area contributed by atoms with Gasteiger partial charge in [-0.05, 0) is 74.2 Å². The number of carbonyl (C=O) groups is 2. The van der Waals surface area contributed by atoms with Crippen LogP contribution in [0.5, 0.6) is 0 Å². The number of rotatable bonds is 11. The fourth-order valence-electron chi connectivity index (χ4n) is 4.05. The monoisotopic (exact) mass is 555 g/mol. The molecule has 0 heterocycles. The molecule has 0 bridgehead atoms. The molecule has 0 spiro atoms. The Hall–Kier alpha value is -3.36. The van der Waals surface area contributed by atoms with Gasteiger partial charge in [0.2, 0.25) is 11.8 Å². The average molecular weight is 556 g/mol. The van der Waals surface area contributed by atoms with E-state index in [0.29, 0.717) is 17.3 Å². The van der Waals surface area contributed by atoms with E-state index < -0.39 is 28.5 Å². The molecule has 0 aromatic heterocycles. The molecule has 38 heavy (non-hydrogen) atoms. The molecule has 3 rings (SSSR count). The van der Waals surface area contributed by atoms with Gasteiger partial charge in [0.25, 0.3) is 10.0 Å². The van der Waals surface area contributed by atoms with Crippen LogP contribution in [0.15, 0.2) is 77.7 Å². The van der Waals surface area contributed by atoms with E-state index in [1.807, 2.05) is 32.9 Å². The summed E-state index contributed by atoms with van der Waals surface area (Å²) in [6.07, 6.45) is 0.746. The Morgan fingerprint density at radius 3 is 2.32 bits per heavy atom. The first kappa shape index (κ1) is 29.2. The van der Waals surface area contributed by atoms with E-state index in [1.165, 1.54) is 17.0 Å². The Bertz CT molecular complexity index is 1380. The minimum Gasteiger partial charge on any atom is -0.354 e. The van der Waals surface area contributed by atoms with Crippen LogP contribution in [-0.2, 0) is 26.2 Å². The van der Waals surface area contributed by atoms with Crippen LogP contribution in [0.1, 0.15) is 37.0 Å². The first-order chi connectivity index (χ1) is 18.1. The van der Waals surface area contributed by atoms with Gasteiger partial charge in [-0.3, -0.25) is 13.9 Å². The lowest BCUT2D eigenvalue weighted by Crippen LogP contribution is -2.51. The first-order valence-electron chi connectivity index (χ1n) is 12.5. The van der Waals surface area contributed by atoms with Crippen molar-refractivity contribution < 1.29 is 18.0 Å². The number of amides is 2. The van der Waals surface area contributed by atoms with Crippen molar-refractivity contribution in [2.45, 2.75) is 51.6 Å². The van der Waals surface area contributed by atoms with Crippen LogP contribution < -0.4 is 9.62 Å². The normalized spacial score (nSPS) is 12.0. The van der Waals surface area contributed by atoms with Crippen molar-refractivity contribution in [3.05, 3.63) is 94.5 Å². The summed E-state index contributed by atoms with van der Waals surface area (Å²) in [4.78, 5) is 28.3. The third kappa shape index (κ3) is 6.94. The smallest absolute Gasteiger partial charge is 0.264 e. The lowest BCUT2D eigenvalue weighted by molar-refractivity contribution is -0.139. The Morgan fingerprint density at radius 2 is 1.66 bits per heavy atom. The first-order valence-corrected chi connectivity index (χ1v) is 14.3. The second kappa shape index (κ2) is 12.9. The highest BCUT2D eigenvalue weighted by molar-refractivity contribution is 7.92. The topological polar surface area (TPSA) is 86.8 Å². The summed E-state index contributed by atoms with van der Waals surface area (Å²) < 4.78 is 28.9. The highest BCUT2D eigenvalue weighted by Gasteiger charge is 2.33. The van der Waals surface area contributed by atoms with Crippen molar-refractivity contribution in [1.82, 2.24) is 10.2 Å². The maximum atomic E-state index is 13.9. The third-order valence-electron chi connectivity index (χ3n) is 6.41. The molecule has 1 N–H and O–H groups in total. The second-order valence-corrected chi connectivity index (χ2v) is 11.5. The fraction of sp³-hybridized carbons (Fsp3) is 0.310. The van der Waals surface area contributed by atoms with Crippen LogP contribution in [0.3, 0.4) is 0 Å². The van der Waals surface area contributed by atoms with Gasteiger partial charge >= 0.3 is 0 Å². The number of anilines is 1. The summed E-state index contributed by atoms with van der Waals surface area (Å²) in [5.74, 6) is -0.823. The van der Waals surface area contributed by atoms with E-state index in [1.54, 1.807) is 55.5 Å². The van der Waals surface area contributed by atoms with Crippen LogP contribution in [0, 0.1) is 13.8 Å². The van der Waals surface area contributed by atoms with E-state index in [4.69, 9.17) is 11.6 Å². The molecular formula is C29H34ClN3O4S. The summed E-state index contributed by atoms with van der Waals surface area (Å²) in [5.41, 5.74) is 2.78. The van der Waals surface area contributed by atoms with Crippen molar-refractivity contribution in [3.8, 4) is 0 Å². The maximum absolute atomic E-state index is 13.9. The predicted octanol–water partition coefficient (Wildman–Crippen LogP) is 5.10. The molecule has 2 amide bonds. The lowest BCUT2D eigenvalue weighted by Gasteiger charge is -2.32. The number of hydrogen-bond acceptors (Lipinski definition) is 4. The Labute approximate surface area is 230 Å². The highest BCUT2D eigenvalue weighted by atomic mass is 35.5. The van der Waals surface area contributed by atoms with E-state index >= 15 is 0 Å². The van der Waals surface area contributed by atoms with Crippen molar-refractivity contribution in [3.63, 3.8) is 0 Å². The van der Waals surface area contributed by atoms with Gasteiger partial charge in [0.15, 0.2) is 0 Å². The van der Waals surface area contributed by atoms with E-state index in [0.717, 1.165) is 27.4 Å². The summed E-state index contributed by atoms with van der Waals surface area (Å²) >= 11 is 6.17. The van der Waals surface area contributed by atoms with Gasteiger partial charge in [-0.2, -0.15) is 0 Å². The number of halogens is 1. The predicted molar refractivity (Wildman–Crippen MR) is 152 cm³/mol. The zero-order valence-electron chi connectivity index (χ0n) is 22.1. The minimum atomic E-state index is -4.10. The second-order valence-electron chi connectivity index (χ2n) is 9.16. The molecule has 0 saturated heterocycles. The Kier molecular flexibility index (Phi) is 9.94. The lowest BCUT2D eigenvalue weighted by atomic mass is 10.1. The number of carbonyl (C=O) groups excluding carboxylic acids is 2. The number of hydrogen-bond donors (Lipinski definition) is 1. The number of aryl methyl sites for hydroxylation is 1. The van der Waals surface area contributed by atoms with Crippen molar-refractivity contribution >= 4 is 39.1 Å². The fourth-order valence-corrected chi connectivity index (χ4v) is 5.75. The molecule has 9 heteroatoms. The molecule has 7 nitrogen and oxygen atoms in total. The van der Waals surface area contributed by atoms with Crippen molar-refractivity contribution in [2.75, 3.05) is 17.4 Å². The van der Waals surface area contributed by atoms with Crippen LogP contribution in [0.2, 0.25) is 5.02 Å². The summed E-state index contributed by atoms with van der Waals surface area (Å²) in [5, 5.41) is 3.33. The molecular weight excluding hydrogens is 522 g/mol. The molecule has 202 valence electrons. The van der Waals surface area contributed by atoms with Gasteiger partial charge in [0.1, 0.15) is 12.6 Å². The molecule has 0 fully saturated rings. The van der Waals surface area contributed by atoms with Gasteiger partial charge < -0.3 is 10.2 Å². The molecule has 1 atom stereocenters. The van der Waals surface area contributed by atoms with Crippen molar-refractivity contribution in [2.24, 2.45) is 0 Å². The third-order valence-corrected chi connectivity index (χ3v) is 8.42. The number of benzene rings is 3.